The maximum atomic E-state index is 9.52. The maximum absolute atomic E-state index is 9.52. The van der Waals surface area contributed by atoms with E-state index in [1.807, 2.05) is 0 Å². The van der Waals surface area contributed by atoms with Gasteiger partial charge in [0, 0.05) is 12.1 Å². The molecule has 4 heteroatoms. The molecule has 0 amide bonds. The summed E-state index contributed by atoms with van der Waals surface area (Å²) in [5.74, 6) is 1.24. The van der Waals surface area contributed by atoms with Gasteiger partial charge in [-0.2, -0.15) is 0 Å². The first-order valence-electron chi connectivity index (χ1n) is 11.2. The van der Waals surface area contributed by atoms with E-state index >= 15 is 0 Å². The van der Waals surface area contributed by atoms with E-state index in [9.17, 15) is 5.11 Å². The topological polar surface area (TPSA) is 64.7 Å². The quantitative estimate of drug-likeness (QED) is 0.594. The molecule has 1 unspecified atom stereocenters. The lowest BCUT2D eigenvalue weighted by Crippen LogP contribution is -2.40. The highest BCUT2D eigenvalue weighted by molar-refractivity contribution is 5.36. The van der Waals surface area contributed by atoms with E-state index in [1.54, 1.807) is 0 Å². The molecule has 0 bridgehead atoms. The van der Waals surface area contributed by atoms with Crippen molar-refractivity contribution in [1.29, 1.82) is 0 Å². The van der Waals surface area contributed by atoms with Crippen molar-refractivity contribution in [2.24, 2.45) is 11.7 Å². The minimum absolute atomic E-state index is 0.0922. The number of aliphatic hydroxyl groups is 1. The molecule has 158 valence electrons. The van der Waals surface area contributed by atoms with Gasteiger partial charge in [-0.1, -0.05) is 32.0 Å². The van der Waals surface area contributed by atoms with Crippen LogP contribution in [0.3, 0.4) is 0 Å². The van der Waals surface area contributed by atoms with E-state index in [0.29, 0.717) is 25.2 Å². The highest BCUT2D eigenvalue weighted by atomic mass is 16.5. The van der Waals surface area contributed by atoms with Crippen LogP contribution in [-0.4, -0.2) is 43.2 Å². The van der Waals surface area contributed by atoms with Crippen LogP contribution in [0.1, 0.15) is 75.0 Å². The van der Waals surface area contributed by atoms with Gasteiger partial charge in [0.25, 0.3) is 0 Å². The van der Waals surface area contributed by atoms with Crippen LogP contribution in [0.5, 0.6) is 0 Å². The molecule has 1 aromatic rings. The van der Waals surface area contributed by atoms with Crippen molar-refractivity contribution in [1.82, 2.24) is 0 Å². The van der Waals surface area contributed by atoms with E-state index in [-0.39, 0.29) is 12.1 Å². The van der Waals surface area contributed by atoms with Crippen LogP contribution in [0, 0.1) is 5.92 Å². The summed E-state index contributed by atoms with van der Waals surface area (Å²) in [6, 6.07) is 6.95. The zero-order valence-electron chi connectivity index (χ0n) is 17.8. The largest absolute Gasteiger partial charge is 0.394 e. The predicted octanol–water partition coefficient (Wildman–Crippen LogP) is 3.97. The zero-order valence-corrected chi connectivity index (χ0v) is 17.8. The molecule has 0 spiro atoms. The molecular weight excluding hydrogens is 350 g/mol. The third-order valence-electron chi connectivity index (χ3n) is 6.49. The van der Waals surface area contributed by atoms with Gasteiger partial charge in [0.05, 0.1) is 25.9 Å². The first kappa shape index (κ1) is 21.8. The molecule has 28 heavy (non-hydrogen) atoms. The van der Waals surface area contributed by atoms with Crippen LogP contribution in [0.25, 0.3) is 0 Å². The normalized spacial score (nSPS) is 27.3. The zero-order chi connectivity index (χ0) is 20.0. The van der Waals surface area contributed by atoms with Crippen LogP contribution in [0.2, 0.25) is 0 Å². The Morgan fingerprint density at radius 3 is 2.79 bits per heavy atom. The van der Waals surface area contributed by atoms with E-state index < -0.39 is 0 Å². The molecule has 3 N–H and O–H groups in total. The Hall–Kier alpha value is -0.940. The highest BCUT2D eigenvalue weighted by Crippen LogP contribution is 2.40. The number of aryl methyl sites for hydroxylation is 1. The number of benzene rings is 1. The van der Waals surface area contributed by atoms with Gasteiger partial charge in [0.15, 0.2) is 0 Å². The van der Waals surface area contributed by atoms with E-state index in [1.165, 1.54) is 23.1 Å². The van der Waals surface area contributed by atoms with Crippen molar-refractivity contribution in [3.63, 3.8) is 0 Å². The second-order valence-electron chi connectivity index (χ2n) is 9.37. The van der Waals surface area contributed by atoms with Crippen molar-refractivity contribution in [3.05, 3.63) is 34.9 Å². The molecule has 2 aliphatic carbocycles. The maximum Gasteiger partial charge on any atom is 0.0704 e. The average molecular weight is 390 g/mol. The SMILES string of the molecule is CC(C)CCCOCCOC1CCc2cc([C@H]3CC[C@](N)(CO)C3)ccc2C1. The molecule has 0 aliphatic heterocycles. The van der Waals surface area contributed by atoms with Gasteiger partial charge in [-0.25, -0.2) is 0 Å². The molecule has 2 aliphatic rings. The average Bonchev–Trinajstić information content (AvgIpc) is 3.09. The molecule has 0 heterocycles. The Kier molecular flexibility index (Phi) is 7.93. The molecule has 0 radical (unpaired) electrons. The molecule has 0 aromatic heterocycles. The van der Waals surface area contributed by atoms with Gasteiger partial charge in [-0.3, -0.25) is 0 Å². The number of hydrogen-bond donors (Lipinski definition) is 2. The number of fused-ring (bicyclic) bond motifs is 1. The summed E-state index contributed by atoms with van der Waals surface area (Å²) in [6.07, 6.45) is 8.76. The number of aliphatic hydroxyl groups excluding tert-OH is 1. The summed E-state index contributed by atoms with van der Waals surface area (Å²) in [5, 5.41) is 9.52. The van der Waals surface area contributed by atoms with Gasteiger partial charge >= 0.3 is 0 Å². The Labute approximate surface area is 170 Å². The first-order chi connectivity index (χ1) is 13.5. The number of hydrogen-bond acceptors (Lipinski definition) is 4. The van der Waals surface area contributed by atoms with Crippen molar-refractivity contribution in [3.8, 4) is 0 Å². The summed E-state index contributed by atoms with van der Waals surface area (Å²) in [5.41, 5.74) is 10.2. The van der Waals surface area contributed by atoms with Crippen molar-refractivity contribution >= 4 is 0 Å². The van der Waals surface area contributed by atoms with Gasteiger partial charge in [-0.05, 0) is 79.9 Å². The van der Waals surface area contributed by atoms with Gasteiger partial charge in [0.1, 0.15) is 0 Å². The molecular formula is C24H39NO3. The van der Waals surface area contributed by atoms with E-state index in [2.05, 4.69) is 32.0 Å². The molecule has 4 nitrogen and oxygen atoms in total. The fourth-order valence-electron chi connectivity index (χ4n) is 4.69. The Morgan fingerprint density at radius 1 is 1.18 bits per heavy atom. The Bertz CT molecular complexity index is 618. The van der Waals surface area contributed by atoms with Crippen molar-refractivity contribution in [2.75, 3.05) is 26.4 Å². The summed E-state index contributed by atoms with van der Waals surface area (Å²) >= 11 is 0. The number of ether oxygens (including phenoxy) is 2. The lowest BCUT2D eigenvalue weighted by Gasteiger charge is -2.26. The lowest BCUT2D eigenvalue weighted by atomic mass is 9.85. The number of nitrogens with two attached hydrogens (primary N) is 1. The predicted molar refractivity (Wildman–Crippen MR) is 114 cm³/mol. The first-order valence-corrected chi connectivity index (χ1v) is 11.2. The molecule has 1 fully saturated rings. The second-order valence-corrected chi connectivity index (χ2v) is 9.37. The lowest BCUT2D eigenvalue weighted by molar-refractivity contribution is -0.00137. The molecule has 3 rings (SSSR count). The molecule has 3 atom stereocenters. The van der Waals surface area contributed by atoms with Crippen LogP contribution in [0.4, 0.5) is 0 Å². The number of rotatable bonds is 10. The van der Waals surface area contributed by atoms with E-state index in [4.69, 9.17) is 15.2 Å². The monoisotopic (exact) mass is 389 g/mol. The summed E-state index contributed by atoms with van der Waals surface area (Å²) in [6.45, 7) is 6.84. The Morgan fingerprint density at radius 2 is 2.04 bits per heavy atom. The summed E-state index contributed by atoms with van der Waals surface area (Å²) in [7, 11) is 0. The Balaban J connectivity index is 1.41. The highest BCUT2D eigenvalue weighted by Gasteiger charge is 2.36. The van der Waals surface area contributed by atoms with Crippen molar-refractivity contribution in [2.45, 2.75) is 82.8 Å². The van der Waals surface area contributed by atoms with Crippen molar-refractivity contribution < 1.29 is 14.6 Å². The molecule has 1 saturated carbocycles. The van der Waals surface area contributed by atoms with Gasteiger partial charge in [0.2, 0.25) is 0 Å². The fourth-order valence-corrected chi connectivity index (χ4v) is 4.69. The smallest absolute Gasteiger partial charge is 0.0704 e. The third kappa shape index (κ3) is 6.03. The molecule has 1 aromatic carbocycles. The summed E-state index contributed by atoms with van der Waals surface area (Å²) < 4.78 is 11.8. The minimum Gasteiger partial charge on any atom is -0.394 e. The van der Waals surface area contributed by atoms with E-state index in [0.717, 1.165) is 57.5 Å². The molecule has 0 saturated heterocycles. The second kappa shape index (κ2) is 10.2. The van der Waals surface area contributed by atoms with Gasteiger partial charge < -0.3 is 20.3 Å². The summed E-state index contributed by atoms with van der Waals surface area (Å²) in [4.78, 5) is 0. The standard InChI is InChI=1S/C24H39NO3/c1-18(2)4-3-11-27-12-13-28-23-8-7-19-14-20(5-6-21(19)15-23)22-9-10-24(25,16-22)17-26/h5-6,14,18,22-23,26H,3-4,7-13,15-17,25H2,1-2H3/t22-,23?,24+/m0/s1. The van der Waals surface area contributed by atoms with Crippen LogP contribution in [-0.2, 0) is 22.3 Å². The van der Waals surface area contributed by atoms with Crippen LogP contribution < -0.4 is 5.73 Å². The minimum atomic E-state index is -0.379. The van der Waals surface area contributed by atoms with Crippen LogP contribution >= 0.6 is 0 Å². The van der Waals surface area contributed by atoms with Gasteiger partial charge in [-0.15, -0.1) is 0 Å². The third-order valence-corrected chi connectivity index (χ3v) is 6.49. The van der Waals surface area contributed by atoms with Crippen LogP contribution in [0.15, 0.2) is 18.2 Å². The fraction of sp³-hybridized carbons (Fsp3) is 0.750.